The summed E-state index contributed by atoms with van der Waals surface area (Å²) in [4.78, 5) is 4.31. The second kappa shape index (κ2) is 10.5. The van der Waals surface area contributed by atoms with E-state index in [9.17, 15) is 8.42 Å². The first-order valence-corrected chi connectivity index (χ1v) is 12.4. The highest BCUT2D eigenvalue weighted by molar-refractivity contribution is 7.98. The number of aliphatic imine (C=N–C) groups is 1. The number of benzene rings is 1. The van der Waals surface area contributed by atoms with Crippen LogP contribution in [-0.4, -0.2) is 63.4 Å². The maximum absolute atomic E-state index is 12.0. The molecule has 0 saturated carbocycles. The van der Waals surface area contributed by atoms with Crippen LogP contribution in [0.2, 0.25) is 5.02 Å². The highest BCUT2D eigenvalue weighted by Gasteiger charge is 2.27. The number of hydrogen-bond donors (Lipinski definition) is 2. The second-order valence-corrected chi connectivity index (χ2v) is 10.2. The summed E-state index contributed by atoms with van der Waals surface area (Å²) < 4.78 is 25.5. The zero-order valence-electron chi connectivity index (χ0n) is 16.1. The summed E-state index contributed by atoms with van der Waals surface area (Å²) in [5, 5.41) is 7.80. The summed E-state index contributed by atoms with van der Waals surface area (Å²) in [6, 6.07) is 8.13. The van der Waals surface area contributed by atoms with Crippen molar-refractivity contribution >= 4 is 39.3 Å². The monoisotopic (exact) mass is 432 g/mol. The standard InChI is InChI=1S/C18H29ClN4O2S2/c1-4-27(24,25)23-10-8-16(9-11-23)22-18(20-2)21-13-17(26-3)14-6-5-7-15(19)12-14/h5-7,12,16-17H,4,8-11,13H2,1-3H3,(H2,20,21,22). The van der Waals surface area contributed by atoms with Gasteiger partial charge in [0.15, 0.2) is 5.96 Å². The van der Waals surface area contributed by atoms with Crippen LogP contribution in [0.15, 0.2) is 29.3 Å². The van der Waals surface area contributed by atoms with Crippen molar-refractivity contribution in [2.75, 3.05) is 38.7 Å². The molecule has 6 nitrogen and oxygen atoms in total. The molecule has 1 aromatic carbocycles. The third-order valence-corrected chi connectivity index (χ3v) is 7.86. The number of thioether (sulfide) groups is 1. The molecule has 27 heavy (non-hydrogen) atoms. The SMILES string of the molecule is CCS(=O)(=O)N1CCC(NC(=NC)NCC(SC)c2cccc(Cl)c2)CC1. The Bertz CT molecular complexity index is 735. The van der Waals surface area contributed by atoms with E-state index in [0.29, 0.717) is 13.1 Å². The minimum Gasteiger partial charge on any atom is -0.355 e. The van der Waals surface area contributed by atoms with Crippen molar-refractivity contribution in [2.45, 2.75) is 31.1 Å². The van der Waals surface area contributed by atoms with Gasteiger partial charge in [0.25, 0.3) is 0 Å². The Kier molecular flexibility index (Phi) is 8.72. The lowest BCUT2D eigenvalue weighted by molar-refractivity contribution is 0.306. The predicted molar refractivity (Wildman–Crippen MR) is 116 cm³/mol. The van der Waals surface area contributed by atoms with Crippen LogP contribution in [-0.2, 0) is 10.0 Å². The first-order valence-electron chi connectivity index (χ1n) is 9.12. The molecule has 1 fully saturated rings. The molecule has 0 bridgehead atoms. The molecule has 1 unspecified atom stereocenters. The Morgan fingerprint density at radius 2 is 2.11 bits per heavy atom. The van der Waals surface area contributed by atoms with Crippen LogP contribution < -0.4 is 10.6 Å². The van der Waals surface area contributed by atoms with Crippen molar-refractivity contribution in [1.82, 2.24) is 14.9 Å². The van der Waals surface area contributed by atoms with E-state index in [-0.39, 0.29) is 17.0 Å². The van der Waals surface area contributed by atoms with Gasteiger partial charge in [0.1, 0.15) is 0 Å². The van der Waals surface area contributed by atoms with Crippen LogP contribution in [0.1, 0.15) is 30.6 Å². The fourth-order valence-electron chi connectivity index (χ4n) is 3.08. The van der Waals surface area contributed by atoms with Crippen molar-refractivity contribution in [3.63, 3.8) is 0 Å². The minimum atomic E-state index is -3.09. The van der Waals surface area contributed by atoms with Crippen LogP contribution in [0, 0.1) is 0 Å². The first-order chi connectivity index (χ1) is 12.9. The summed E-state index contributed by atoms with van der Waals surface area (Å²) in [6.07, 6.45) is 3.63. The number of halogens is 1. The molecule has 9 heteroatoms. The maximum Gasteiger partial charge on any atom is 0.213 e. The van der Waals surface area contributed by atoms with Gasteiger partial charge in [-0.1, -0.05) is 23.7 Å². The summed E-state index contributed by atoms with van der Waals surface area (Å²) >= 11 is 7.86. The number of nitrogens with zero attached hydrogens (tertiary/aromatic N) is 2. The molecule has 0 spiro atoms. The van der Waals surface area contributed by atoms with Crippen molar-refractivity contribution in [3.05, 3.63) is 34.9 Å². The van der Waals surface area contributed by atoms with Gasteiger partial charge in [-0.3, -0.25) is 4.99 Å². The van der Waals surface area contributed by atoms with Gasteiger partial charge >= 0.3 is 0 Å². The lowest BCUT2D eigenvalue weighted by atomic mass is 10.1. The Hall–Kier alpha value is -0.960. The molecule has 0 aromatic heterocycles. The number of hydrogen-bond acceptors (Lipinski definition) is 4. The molecular formula is C18H29ClN4O2S2. The lowest BCUT2D eigenvalue weighted by Gasteiger charge is -2.32. The zero-order valence-corrected chi connectivity index (χ0v) is 18.5. The largest absolute Gasteiger partial charge is 0.355 e. The lowest BCUT2D eigenvalue weighted by Crippen LogP contribution is -2.50. The fourth-order valence-corrected chi connectivity index (χ4v) is 5.08. The quantitative estimate of drug-likeness (QED) is 0.512. The molecule has 0 aliphatic carbocycles. The summed E-state index contributed by atoms with van der Waals surface area (Å²) in [5.74, 6) is 0.904. The molecule has 1 saturated heterocycles. The van der Waals surface area contributed by atoms with E-state index < -0.39 is 10.0 Å². The third kappa shape index (κ3) is 6.55. The molecule has 1 atom stereocenters. The summed E-state index contributed by atoms with van der Waals surface area (Å²) in [5.41, 5.74) is 1.18. The molecular weight excluding hydrogens is 404 g/mol. The highest BCUT2D eigenvalue weighted by Crippen LogP contribution is 2.27. The van der Waals surface area contributed by atoms with Gasteiger partial charge in [-0.05, 0) is 43.7 Å². The second-order valence-electron chi connectivity index (χ2n) is 6.45. The van der Waals surface area contributed by atoms with Crippen molar-refractivity contribution in [1.29, 1.82) is 0 Å². The maximum atomic E-state index is 12.0. The van der Waals surface area contributed by atoms with Gasteiger partial charge in [0.05, 0.1) is 5.75 Å². The van der Waals surface area contributed by atoms with E-state index in [1.165, 1.54) is 5.56 Å². The molecule has 1 aliphatic heterocycles. The third-order valence-electron chi connectivity index (χ3n) is 4.74. The van der Waals surface area contributed by atoms with Gasteiger partial charge in [-0.15, -0.1) is 0 Å². The van der Waals surface area contributed by atoms with Gasteiger partial charge in [0.2, 0.25) is 10.0 Å². The molecule has 2 rings (SSSR count). The van der Waals surface area contributed by atoms with E-state index in [2.05, 4.69) is 27.9 Å². The van der Waals surface area contributed by atoms with Gasteiger partial charge in [0, 0.05) is 43.0 Å². The van der Waals surface area contributed by atoms with E-state index in [4.69, 9.17) is 11.6 Å². The Morgan fingerprint density at radius 3 is 2.67 bits per heavy atom. The fraction of sp³-hybridized carbons (Fsp3) is 0.611. The van der Waals surface area contributed by atoms with E-state index in [1.807, 2.05) is 18.2 Å². The van der Waals surface area contributed by atoms with Crippen LogP contribution >= 0.6 is 23.4 Å². The van der Waals surface area contributed by atoms with Crippen LogP contribution in [0.25, 0.3) is 0 Å². The van der Waals surface area contributed by atoms with Crippen molar-refractivity contribution in [3.8, 4) is 0 Å². The number of nitrogens with one attached hydrogen (secondary N) is 2. The predicted octanol–water partition coefficient (Wildman–Crippen LogP) is 2.72. The Morgan fingerprint density at radius 1 is 1.41 bits per heavy atom. The van der Waals surface area contributed by atoms with Gasteiger partial charge in [-0.25, -0.2) is 12.7 Å². The van der Waals surface area contributed by atoms with E-state index in [0.717, 1.165) is 30.4 Å². The molecule has 1 heterocycles. The first kappa shape index (κ1) is 22.3. The number of rotatable bonds is 7. The van der Waals surface area contributed by atoms with Crippen LogP contribution in [0.5, 0.6) is 0 Å². The topological polar surface area (TPSA) is 73.8 Å². The zero-order chi connectivity index (χ0) is 19.9. The summed E-state index contributed by atoms with van der Waals surface area (Å²) in [6.45, 7) is 3.53. The average molecular weight is 433 g/mol. The molecule has 0 amide bonds. The smallest absolute Gasteiger partial charge is 0.213 e. The van der Waals surface area contributed by atoms with E-state index >= 15 is 0 Å². The van der Waals surface area contributed by atoms with Crippen LogP contribution in [0.4, 0.5) is 0 Å². The molecule has 1 aromatic rings. The Labute approximate surface area is 172 Å². The minimum absolute atomic E-state index is 0.161. The summed E-state index contributed by atoms with van der Waals surface area (Å²) in [7, 11) is -1.34. The number of piperidine rings is 1. The normalized spacial score (nSPS) is 18.3. The van der Waals surface area contributed by atoms with E-state index in [1.54, 1.807) is 30.0 Å². The number of sulfonamides is 1. The molecule has 152 valence electrons. The molecule has 0 radical (unpaired) electrons. The molecule has 2 N–H and O–H groups in total. The van der Waals surface area contributed by atoms with Crippen molar-refractivity contribution in [2.24, 2.45) is 4.99 Å². The van der Waals surface area contributed by atoms with Crippen molar-refractivity contribution < 1.29 is 8.42 Å². The van der Waals surface area contributed by atoms with Gasteiger partial charge < -0.3 is 10.6 Å². The Balaban J connectivity index is 1.86. The molecule has 1 aliphatic rings. The average Bonchev–Trinajstić information content (AvgIpc) is 2.68. The highest BCUT2D eigenvalue weighted by atomic mass is 35.5. The van der Waals surface area contributed by atoms with Gasteiger partial charge in [-0.2, -0.15) is 11.8 Å². The van der Waals surface area contributed by atoms with Crippen LogP contribution in [0.3, 0.4) is 0 Å². The number of guanidine groups is 1.